The third kappa shape index (κ3) is 4.03. The van der Waals surface area contributed by atoms with E-state index >= 15 is 0 Å². The summed E-state index contributed by atoms with van der Waals surface area (Å²) < 4.78 is 44.9. The summed E-state index contributed by atoms with van der Waals surface area (Å²) in [6, 6.07) is 4.21. The van der Waals surface area contributed by atoms with Gasteiger partial charge in [-0.3, -0.25) is 0 Å². The molecule has 0 radical (unpaired) electrons. The van der Waals surface area contributed by atoms with Gasteiger partial charge in [-0.05, 0) is 12.1 Å². The highest BCUT2D eigenvalue weighted by molar-refractivity contribution is 5.75. The summed E-state index contributed by atoms with van der Waals surface area (Å²) in [5, 5.41) is 11.5. The molecule has 1 aliphatic heterocycles. The third-order valence-electron chi connectivity index (χ3n) is 3.32. The summed E-state index contributed by atoms with van der Waals surface area (Å²) in [7, 11) is 0. The fourth-order valence-corrected chi connectivity index (χ4v) is 2.28. The second kappa shape index (κ2) is 6.87. The number of benzene rings is 1. The fourth-order valence-electron chi connectivity index (χ4n) is 2.28. The van der Waals surface area contributed by atoms with Crippen LogP contribution in [0.1, 0.15) is 6.42 Å². The summed E-state index contributed by atoms with van der Waals surface area (Å²) in [5.74, 6) is -3.46. The van der Waals surface area contributed by atoms with Crippen LogP contribution in [0.2, 0.25) is 0 Å². The van der Waals surface area contributed by atoms with E-state index in [4.69, 9.17) is 9.84 Å². The highest BCUT2D eigenvalue weighted by atomic mass is 19.3. The smallest absolute Gasteiger partial charge is 0.318 e. The van der Waals surface area contributed by atoms with Crippen molar-refractivity contribution < 1.29 is 27.8 Å². The van der Waals surface area contributed by atoms with Crippen molar-refractivity contribution in [1.82, 2.24) is 10.2 Å². The summed E-state index contributed by atoms with van der Waals surface area (Å²) in [6.45, 7) is -1.21. The van der Waals surface area contributed by atoms with E-state index in [2.05, 4.69) is 5.32 Å². The number of hydrogen-bond donors (Lipinski definition) is 2. The first-order valence-electron chi connectivity index (χ1n) is 6.83. The molecule has 1 unspecified atom stereocenters. The molecule has 2 rings (SSSR count). The lowest BCUT2D eigenvalue weighted by atomic mass is 10.2. The van der Waals surface area contributed by atoms with Crippen molar-refractivity contribution in [1.29, 1.82) is 0 Å². The van der Waals surface area contributed by atoms with Crippen LogP contribution in [0.5, 0.6) is 5.75 Å². The van der Waals surface area contributed by atoms with Crippen LogP contribution >= 0.6 is 0 Å². The number of likely N-dealkylation sites (tertiary alicyclic amines) is 1. The maximum atomic E-state index is 13.3. The number of ether oxygens (including phenoxy) is 1. The lowest BCUT2D eigenvalue weighted by Gasteiger charge is -2.22. The van der Waals surface area contributed by atoms with Gasteiger partial charge in [0.1, 0.15) is 6.61 Å². The predicted molar refractivity (Wildman–Crippen MR) is 72.4 cm³/mol. The number of aliphatic hydroxyl groups is 1. The monoisotopic (exact) mass is 318 g/mol. The molecule has 0 spiro atoms. The molecule has 5 nitrogen and oxygen atoms in total. The summed E-state index contributed by atoms with van der Waals surface area (Å²) >= 11 is 0. The van der Waals surface area contributed by atoms with Crippen molar-refractivity contribution in [2.75, 3.05) is 26.3 Å². The maximum Gasteiger partial charge on any atom is 0.318 e. The number of halogens is 3. The molecule has 1 aromatic rings. The molecule has 1 fully saturated rings. The number of alkyl halides is 2. The van der Waals surface area contributed by atoms with Crippen molar-refractivity contribution in [3.63, 3.8) is 0 Å². The first kappa shape index (κ1) is 16.4. The second-order valence-electron chi connectivity index (χ2n) is 5.04. The van der Waals surface area contributed by atoms with Gasteiger partial charge in [-0.15, -0.1) is 0 Å². The van der Waals surface area contributed by atoms with Crippen LogP contribution in [-0.4, -0.2) is 54.3 Å². The SMILES string of the molecule is O=C(NCCOc1ccccc1F)N1CC(F)(F)CC1CO. The van der Waals surface area contributed by atoms with Crippen LogP contribution < -0.4 is 10.1 Å². The van der Waals surface area contributed by atoms with Gasteiger partial charge in [0, 0.05) is 6.42 Å². The van der Waals surface area contributed by atoms with E-state index in [0.29, 0.717) is 0 Å². The Morgan fingerprint density at radius 3 is 2.86 bits per heavy atom. The Hall–Kier alpha value is -1.96. The second-order valence-corrected chi connectivity index (χ2v) is 5.04. The highest BCUT2D eigenvalue weighted by Gasteiger charge is 2.46. The van der Waals surface area contributed by atoms with E-state index in [-0.39, 0.29) is 18.9 Å². The van der Waals surface area contributed by atoms with Crippen LogP contribution in [0.25, 0.3) is 0 Å². The fraction of sp³-hybridized carbons (Fsp3) is 0.500. The van der Waals surface area contributed by atoms with Gasteiger partial charge in [0.25, 0.3) is 5.92 Å². The van der Waals surface area contributed by atoms with Crippen molar-refractivity contribution in [3.8, 4) is 5.75 Å². The van der Waals surface area contributed by atoms with Gasteiger partial charge in [-0.25, -0.2) is 18.0 Å². The standard InChI is InChI=1S/C14H17F3N2O3/c15-11-3-1-2-4-12(11)22-6-5-18-13(21)19-9-14(16,17)7-10(19)8-20/h1-4,10,20H,5-9H2,(H,18,21). The lowest BCUT2D eigenvalue weighted by Crippen LogP contribution is -2.45. The first-order valence-corrected chi connectivity index (χ1v) is 6.83. The molecule has 2 amide bonds. The summed E-state index contributed by atoms with van der Waals surface area (Å²) in [5.41, 5.74) is 0. The van der Waals surface area contributed by atoms with E-state index in [1.54, 1.807) is 6.07 Å². The van der Waals surface area contributed by atoms with E-state index in [1.165, 1.54) is 18.2 Å². The van der Waals surface area contributed by atoms with Gasteiger partial charge in [-0.2, -0.15) is 0 Å². The number of nitrogens with one attached hydrogen (secondary N) is 1. The molecule has 2 N–H and O–H groups in total. The molecule has 1 saturated heterocycles. The van der Waals surface area contributed by atoms with E-state index in [9.17, 15) is 18.0 Å². The Labute approximate surface area is 125 Å². The van der Waals surface area contributed by atoms with Crippen LogP contribution in [0, 0.1) is 5.82 Å². The van der Waals surface area contributed by atoms with Gasteiger partial charge in [-0.1, -0.05) is 12.1 Å². The largest absolute Gasteiger partial charge is 0.489 e. The van der Waals surface area contributed by atoms with Crippen LogP contribution in [0.15, 0.2) is 24.3 Å². The third-order valence-corrected chi connectivity index (χ3v) is 3.32. The van der Waals surface area contributed by atoms with Crippen LogP contribution in [-0.2, 0) is 0 Å². The lowest BCUT2D eigenvalue weighted by molar-refractivity contribution is 0.0141. The molecule has 1 aliphatic rings. The van der Waals surface area contributed by atoms with Crippen molar-refractivity contribution >= 4 is 6.03 Å². The van der Waals surface area contributed by atoms with E-state index < -0.39 is 43.4 Å². The number of rotatable bonds is 5. The molecule has 8 heteroatoms. The molecule has 1 heterocycles. The predicted octanol–water partition coefficient (Wildman–Crippen LogP) is 1.62. The van der Waals surface area contributed by atoms with Crippen LogP contribution in [0.4, 0.5) is 18.0 Å². The zero-order valence-electron chi connectivity index (χ0n) is 11.8. The molecular formula is C14H17F3N2O3. The van der Waals surface area contributed by atoms with Crippen molar-refractivity contribution in [3.05, 3.63) is 30.1 Å². The van der Waals surface area contributed by atoms with Gasteiger partial charge in [0.15, 0.2) is 11.6 Å². The number of carbonyl (C=O) groups is 1. The molecule has 22 heavy (non-hydrogen) atoms. The minimum atomic E-state index is -2.99. The highest BCUT2D eigenvalue weighted by Crippen LogP contribution is 2.31. The molecule has 0 saturated carbocycles. The van der Waals surface area contributed by atoms with Gasteiger partial charge in [0.05, 0.1) is 25.7 Å². The number of nitrogens with zero attached hydrogens (tertiary/aromatic N) is 1. The number of urea groups is 1. The minimum absolute atomic E-state index is 0.000692. The molecule has 1 atom stereocenters. The Morgan fingerprint density at radius 2 is 2.18 bits per heavy atom. The topological polar surface area (TPSA) is 61.8 Å². The molecular weight excluding hydrogens is 301 g/mol. The van der Waals surface area contributed by atoms with E-state index in [1.807, 2.05) is 0 Å². The number of hydrogen-bond acceptors (Lipinski definition) is 3. The Kier molecular flexibility index (Phi) is 5.12. The zero-order chi connectivity index (χ0) is 16.2. The van der Waals surface area contributed by atoms with Gasteiger partial charge >= 0.3 is 6.03 Å². The average Bonchev–Trinajstić information content (AvgIpc) is 2.80. The Morgan fingerprint density at radius 1 is 1.45 bits per heavy atom. The Balaban J connectivity index is 1.77. The maximum absolute atomic E-state index is 13.3. The van der Waals surface area contributed by atoms with Crippen LogP contribution in [0.3, 0.4) is 0 Å². The minimum Gasteiger partial charge on any atom is -0.489 e. The molecule has 0 aromatic heterocycles. The number of amides is 2. The number of para-hydroxylation sites is 1. The summed E-state index contributed by atoms with van der Waals surface area (Å²) in [6.07, 6.45) is -0.553. The quantitative estimate of drug-likeness (QED) is 0.811. The number of aliphatic hydroxyl groups excluding tert-OH is 1. The number of carbonyl (C=O) groups excluding carboxylic acids is 1. The van der Waals surface area contributed by atoms with Gasteiger partial charge < -0.3 is 20.1 Å². The van der Waals surface area contributed by atoms with Gasteiger partial charge in [0.2, 0.25) is 0 Å². The molecule has 0 bridgehead atoms. The molecule has 122 valence electrons. The van der Waals surface area contributed by atoms with Crippen molar-refractivity contribution in [2.45, 2.75) is 18.4 Å². The van der Waals surface area contributed by atoms with Crippen molar-refractivity contribution in [2.24, 2.45) is 0 Å². The normalized spacial score (nSPS) is 20.0. The Bertz CT molecular complexity index is 528. The van der Waals surface area contributed by atoms with E-state index in [0.717, 1.165) is 4.90 Å². The zero-order valence-corrected chi connectivity index (χ0v) is 11.8. The molecule has 1 aromatic carbocycles. The summed E-state index contributed by atoms with van der Waals surface area (Å²) in [4.78, 5) is 12.7. The first-order chi connectivity index (χ1) is 10.4. The average molecular weight is 318 g/mol. The molecule has 0 aliphatic carbocycles.